The number of hydrogen-bond donors (Lipinski definition) is 1. The van der Waals surface area contributed by atoms with E-state index in [0.717, 1.165) is 12.0 Å². The van der Waals surface area contributed by atoms with Crippen LogP contribution < -0.4 is 10.1 Å². The maximum absolute atomic E-state index is 12.2. The van der Waals surface area contributed by atoms with E-state index in [4.69, 9.17) is 4.74 Å². The summed E-state index contributed by atoms with van der Waals surface area (Å²) in [6.45, 7) is 5.83. The van der Waals surface area contributed by atoms with E-state index < -0.39 is 11.8 Å². The molecule has 1 fully saturated rings. The number of piperidine rings is 1. The highest BCUT2D eigenvalue weighted by molar-refractivity contribution is 6.35. The number of likely N-dealkylation sites (tertiary alicyclic amines) is 1. The first-order chi connectivity index (χ1) is 10.5. The van der Waals surface area contributed by atoms with Crippen LogP contribution in [-0.2, 0) is 16.1 Å². The number of rotatable bonds is 3. The highest BCUT2D eigenvalue weighted by Gasteiger charge is 2.29. The molecule has 5 heteroatoms. The fourth-order valence-electron chi connectivity index (χ4n) is 3.07. The molecule has 1 aliphatic rings. The van der Waals surface area contributed by atoms with Crippen LogP contribution in [0.15, 0.2) is 24.3 Å². The summed E-state index contributed by atoms with van der Waals surface area (Å²) >= 11 is 0. The first-order valence-electron chi connectivity index (χ1n) is 7.70. The molecular weight excluding hydrogens is 280 g/mol. The summed E-state index contributed by atoms with van der Waals surface area (Å²) in [5.74, 6) is 0.598. The maximum atomic E-state index is 12.2. The monoisotopic (exact) mass is 304 g/mol. The smallest absolute Gasteiger partial charge is 0.311 e. The summed E-state index contributed by atoms with van der Waals surface area (Å²) in [6.07, 6.45) is 1.10. The van der Waals surface area contributed by atoms with Crippen molar-refractivity contribution in [3.8, 4) is 5.75 Å². The molecule has 1 heterocycles. The molecule has 1 N–H and O–H groups in total. The average Bonchev–Trinajstić information content (AvgIpc) is 2.51. The van der Waals surface area contributed by atoms with E-state index >= 15 is 0 Å². The van der Waals surface area contributed by atoms with E-state index in [2.05, 4.69) is 19.2 Å². The molecule has 1 aromatic carbocycles. The van der Waals surface area contributed by atoms with E-state index in [-0.39, 0.29) is 6.54 Å². The van der Waals surface area contributed by atoms with Crippen LogP contribution in [-0.4, -0.2) is 36.9 Å². The lowest BCUT2D eigenvalue weighted by atomic mass is 9.92. The zero-order valence-corrected chi connectivity index (χ0v) is 13.5. The average molecular weight is 304 g/mol. The van der Waals surface area contributed by atoms with Crippen molar-refractivity contribution in [1.29, 1.82) is 0 Å². The molecule has 2 amide bonds. The van der Waals surface area contributed by atoms with E-state index in [1.165, 1.54) is 0 Å². The summed E-state index contributed by atoms with van der Waals surface area (Å²) in [6, 6.07) is 7.44. The molecule has 2 rings (SSSR count). The lowest BCUT2D eigenvalue weighted by molar-refractivity contribution is -0.147. The highest BCUT2D eigenvalue weighted by Crippen LogP contribution is 2.21. The molecule has 2 atom stereocenters. The van der Waals surface area contributed by atoms with Crippen LogP contribution in [0.1, 0.15) is 25.8 Å². The van der Waals surface area contributed by atoms with Gasteiger partial charge in [0.25, 0.3) is 0 Å². The second-order valence-corrected chi connectivity index (χ2v) is 6.15. The van der Waals surface area contributed by atoms with E-state index in [1.807, 2.05) is 24.3 Å². The van der Waals surface area contributed by atoms with Gasteiger partial charge >= 0.3 is 11.8 Å². The Hall–Kier alpha value is -2.04. The molecule has 1 aliphatic heterocycles. The predicted octanol–water partition coefficient (Wildman–Crippen LogP) is 1.82. The molecule has 0 radical (unpaired) electrons. The van der Waals surface area contributed by atoms with Gasteiger partial charge in [0.1, 0.15) is 5.75 Å². The van der Waals surface area contributed by atoms with E-state index in [9.17, 15) is 9.59 Å². The van der Waals surface area contributed by atoms with Gasteiger partial charge in [0.2, 0.25) is 0 Å². The Morgan fingerprint density at radius 2 is 1.86 bits per heavy atom. The Balaban J connectivity index is 1.93. The first kappa shape index (κ1) is 16.3. The SMILES string of the molecule is COc1ccccc1CNC(=O)C(=O)N1CC(C)CC(C)C1. The Labute approximate surface area is 131 Å². The van der Waals surface area contributed by atoms with Gasteiger partial charge in [-0.3, -0.25) is 9.59 Å². The van der Waals surface area contributed by atoms with Crippen LogP contribution in [0.5, 0.6) is 5.75 Å². The molecule has 0 aliphatic carbocycles. The zero-order chi connectivity index (χ0) is 16.1. The minimum Gasteiger partial charge on any atom is -0.496 e. The normalized spacial score (nSPS) is 21.3. The first-order valence-corrected chi connectivity index (χ1v) is 7.70. The van der Waals surface area contributed by atoms with Crippen LogP contribution in [0.2, 0.25) is 0 Å². The second kappa shape index (κ2) is 7.29. The third-order valence-electron chi connectivity index (χ3n) is 3.98. The second-order valence-electron chi connectivity index (χ2n) is 6.15. The summed E-state index contributed by atoms with van der Waals surface area (Å²) < 4.78 is 5.24. The molecule has 5 nitrogen and oxygen atoms in total. The molecule has 22 heavy (non-hydrogen) atoms. The minimum atomic E-state index is -0.549. The van der Waals surface area contributed by atoms with Crippen molar-refractivity contribution < 1.29 is 14.3 Å². The van der Waals surface area contributed by atoms with Crippen LogP contribution >= 0.6 is 0 Å². The molecule has 120 valence electrons. The Morgan fingerprint density at radius 1 is 1.23 bits per heavy atom. The summed E-state index contributed by atoms with van der Waals surface area (Å²) in [7, 11) is 1.59. The van der Waals surface area contributed by atoms with Crippen molar-refractivity contribution in [3.05, 3.63) is 29.8 Å². The van der Waals surface area contributed by atoms with Crippen molar-refractivity contribution in [1.82, 2.24) is 10.2 Å². The number of ether oxygens (including phenoxy) is 1. The molecule has 1 saturated heterocycles. The lowest BCUT2D eigenvalue weighted by Gasteiger charge is -2.34. The number of benzene rings is 1. The maximum Gasteiger partial charge on any atom is 0.311 e. The van der Waals surface area contributed by atoms with Gasteiger partial charge in [0.15, 0.2) is 0 Å². The van der Waals surface area contributed by atoms with Crippen LogP contribution in [0.25, 0.3) is 0 Å². The quantitative estimate of drug-likeness (QED) is 0.867. The van der Waals surface area contributed by atoms with Crippen molar-refractivity contribution in [3.63, 3.8) is 0 Å². The number of carbonyl (C=O) groups is 2. The number of hydrogen-bond acceptors (Lipinski definition) is 3. The van der Waals surface area contributed by atoms with Crippen molar-refractivity contribution in [2.45, 2.75) is 26.8 Å². The van der Waals surface area contributed by atoms with Gasteiger partial charge in [-0.15, -0.1) is 0 Å². The van der Waals surface area contributed by atoms with Crippen LogP contribution in [0, 0.1) is 11.8 Å². The topological polar surface area (TPSA) is 58.6 Å². The summed E-state index contributed by atoms with van der Waals surface area (Å²) in [5, 5.41) is 2.69. The molecule has 0 bridgehead atoms. The van der Waals surface area contributed by atoms with Gasteiger partial charge in [-0.05, 0) is 24.3 Å². The van der Waals surface area contributed by atoms with Crippen LogP contribution in [0.3, 0.4) is 0 Å². The third-order valence-corrected chi connectivity index (χ3v) is 3.98. The van der Waals surface area contributed by atoms with Crippen molar-refractivity contribution in [2.24, 2.45) is 11.8 Å². The summed E-state index contributed by atoms with van der Waals surface area (Å²) in [4.78, 5) is 26.0. The van der Waals surface area contributed by atoms with E-state index in [0.29, 0.717) is 30.7 Å². The number of nitrogens with one attached hydrogen (secondary N) is 1. The van der Waals surface area contributed by atoms with Gasteiger partial charge < -0.3 is 15.0 Å². The van der Waals surface area contributed by atoms with E-state index in [1.54, 1.807) is 12.0 Å². The minimum absolute atomic E-state index is 0.285. The molecule has 0 aromatic heterocycles. The summed E-state index contributed by atoms with van der Waals surface area (Å²) in [5.41, 5.74) is 0.853. The third kappa shape index (κ3) is 4.00. The van der Waals surface area contributed by atoms with Gasteiger partial charge in [0.05, 0.1) is 7.11 Å². The molecule has 1 aromatic rings. The fourth-order valence-corrected chi connectivity index (χ4v) is 3.07. The number of methoxy groups -OCH3 is 1. The van der Waals surface area contributed by atoms with Gasteiger partial charge in [-0.25, -0.2) is 0 Å². The predicted molar refractivity (Wildman–Crippen MR) is 84.4 cm³/mol. The Morgan fingerprint density at radius 3 is 2.50 bits per heavy atom. The Kier molecular flexibility index (Phi) is 5.41. The number of para-hydroxylation sites is 1. The Bertz CT molecular complexity index is 534. The molecule has 0 saturated carbocycles. The van der Waals surface area contributed by atoms with Gasteiger partial charge in [-0.2, -0.15) is 0 Å². The van der Waals surface area contributed by atoms with Gasteiger partial charge in [-0.1, -0.05) is 32.0 Å². The van der Waals surface area contributed by atoms with Crippen LogP contribution in [0.4, 0.5) is 0 Å². The van der Waals surface area contributed by atoms with Gasteiger partial charge in [0, 0.05) is 25.2 Å². The molecule has 0 spiro atoms. The zero-order valence-electron chi connectivity index (χ0n) is 13.5. The number of nitrogens with zero attached hydrogens (tertiary/aromatic N) is 1. The fraction of sp³-hybridized carbons (Fsp3) is 0.529. The van der Waals surface area contributed by atoms with Crippen molar-refractivity contribution in [2.75, 3.05) is 20.2 Å². The number of carbonyl (C=O) groups excluding carboxylic acids is 2. The lowest BCUT2D eigenvalue weighted by Crippen LogP contribution is -2.48. The van der Waals surface area contributed by atoms with Crippen molar-refractivity contribution >= 4 is 11.8 Å². The molecule has 2 unspecified atom stereocenters. The largest absolute Gasteiger partial charge is 0.496 e. The highest BCUT2D eigenvalue weighted by atomic mass is 16.5. The number of amides is 2. The standard InChI is InChI=1S/C17H24N2O3/c1-12-8-13(2)11-19(10-12)17(21)16(20)18-9-14-6-4-5-7-15(14)22-3/h4-7,12-13H,8-11H2,1-3H3,(H,18,20). The molecular formula is C17H24N2O3.